The van der Waals surface area contributed by atoms with E-state index in [1.54, 1.807) is 0 Å². The lowest BCUT2D eigenvalue weighted by molar-refractivity contribution is -0.926. The second kappa shape index (κ2) is 6.74. The van der Waals surface area contributed by atoms with Gasteiger partial charge in [-0.25, -0.2) is 0 Å². The van der Waals surface area contributed by atoms with Gasteiger partial charge >= 0.3 is 0 Å². The van der Waals surface area contributed by atoms with E-state index in [1.807, 2.05) is 35.5 Å². The highest BCUT2D eigenvalue weighted by Crippen LogP contribution is 2.16. The zero-order chi connectivity index (χ0) is 17.4. The number of piperazine rings is 1. The number of hydrogen-bond acceptors (Lipinski definition) is 3. The number of carbonyl (C=O) groups is 1. The van der Waals surface area contributed by atoms with Gasteiger partial charge in [-0.1, -0.05) is 18.2 Å². The topological polar surface area (TPSA) is 34.6 Å². The Morgan fingerprint density at radius 2 is 1.88 bits per heavy atom. The summed E-state index contributed by atoms with van der Waals surface area (Å²) in [5.41, 5.74) is 2.35. The van der Waals surface area contributed by atoms with E-state index in [1.165, 1.54) is 27.3 Å². The minimum atomic E-state index is 0.163. The van der Waals surface area contributed by atoms with Crippen LogP contribution in [0.2, 0.25) is 0 Å². The monoisotopic (exact) mass is 373 g/mol. The van der Waals surface area contributed by atoms with E-state index < -0.39 is 0 Å². The summed E-state index contributed by atoms with van der Waals surface area (Å²) in [4.78, 5) is 16.7. The van der Waals surface area contributed by atoms with E-state index in [4.69, 9.17) is 12.2 Å². The Balaban J connectivity index is 1.47. The Kier molecular flexibility index (Phi) is 4.45. The predicted octanol–water partition coefficient (Wildman–Crippen LogP) is 1.77. The van der Waals surface area contributed by atoms with E-state index in [-0.39, 0.29) is 5.91 Å². The quantitative estimate of drug-likeness (QED) is 0.710. The summed E-state index contributed by atoms with van der Waals surface area (Å²) in [5.74, 6) is 0.163. The number of benzene rings is 1. The molecule has 1 aliphatic heterocycles. The molecule has 4 rings (SSSR count). The number of quaternary nitrogens is 1. The molecule has 1 amide bonds. The summed E-state index contributed by atoms with van der Waals surface area (Å²) >= 11 is 7.15. The number of hydrogen-bond donors (Lipinski definition) is 1. The van der Waals surface area contributed by atoms with Crippen LogP contribution in [0.1, 0.15) is 9.67 Å². The molecule has 130 valence electrons. The van der Waals surface area contributed by atoms with Crippen LogP contribution in [0.3, 0.4) is 0 Å². The second-order valence-corrected chi connectivity index (χ2v) is 7.75. The Morgan fingerprint density at radius 3 is 2.56 bits per heavy atom. The fourth-order valence-electron chi connectivity index (χ4n) is 3.48. The number of aromatic nitrogens is 2. The molecule has 0 saturated carbocycles. The molecule has 0 atom stereocenters. The average molecular weight is 374 g/mol. The van der Waals surface area contributed by atoms with Crippen LogP contribution in [0.25, 0.3) is 11.0 Å². The number of aryl methyl sites for hydroxylation is 1. The number of carbonyl (C=O) groups excluding carboxylic acids is 1. The van der Waals surface area contributed by atoms with Crippen molar-refractivity contribution < 1.29 is 9.69 Å². The largest absolute Gasteiger partial charge is 0.327 e. The van der Waals surface area contributed by atoms with Gasteiger partial charge in [0.1, 0.15) is 0 Å². The second-order valence-electron chi connectivity index (χ2n) is 6.44. The van der Waals surface area contributed by atoms with Gasteiger partial charge in [0, 0.05) is 7.05 Å². The molecule has 3 aromatic rings. The minimum Gasteiger partial charge on any atom is -0.327 e. The number of nitrogens with one attached hydrogen (secondary N) is 1. The fraction of sp³-hybridized carbons (Fsp3) is 0.333. The standard InChI is InChI=1S/C18H20N4OS2/c1-19-14-5-2-3-6-15(14)22(18(19)24)13-20-8-10-21(11-9-20)17(23)16-7-4-12-25-16/h2-7,12H,8-11,13H2,1H3/p+1. The van der Waals surface area contributed by atoms with Crippen molar-refractivity contribution in [1.82, 2.24) is 14.0 Å². The lowest BCUT2D eigenvalue weighted by Crippen LogP contribution is -3.14. The smallest absolute Gasteiger partial charge is 0.264 e. The summed E-state index contributed by atoms with van der Waals surface area (Å²) in [6, 6.07) is 12.2. The Hall–Kier alpha value is -1.96. The molecule has 25 heavy (non-hydrogen) atoms. The molecule has 5 nitrogen and oxygen atoms in total. The third kappa shape index (κ3) is 3.03. The van der Waals surface area contributed by atoms with Gasteiger partial charge in [-0.2, -0.15) is 0 Å². The van der Waals surface area contributed by atoms with Crippen molar-refractivity contribution in [3.63, 3.8) is 0 Å². The zero-order valence-electron chi connectivity index (χ0n) is 14.1. The van der Waals surface area contributed by atoms with E-state index >= 15 is 0 Å². The number of thiophene rings is 1. The summed E-state index contributed by atoms with van der Waals surface area (Å²) < 4.78 is 5.14. The van der Waals surface area contributed by atoms with E-state index in [0.717, 1.165) is 42.5 Å². The lowest BCUT2D eigenvalue weighted by atomic mass is 10.3. The van der Waals surface area contributed by atoms with Crippen molar-refractivity contribution in [2.24, 2.45) is 7.05 Å². The highest BCUT2D eigenvalue weighted by molar-refractivity contribution is 7.71. The maximum absolute atomic E-state index is 12.5. The number of fused-ring (bicyclic) bond motifs is 1. The highest BCUT2D eigenvalue weighted by Gasteiger charge is 2.25. The normalized spacial score (nSPS) is 15.8. The molecule has 1 N–H and O–H groups in total. The summed E-state index contributed by atoms with van der Waals surface area (Å²) in [6.07, 6.45) is 0. The molecule has 1 fully saturated rings. The average Bonchev–Trinajstić information content (AvgIpc) is 3.26. The molecule has 2 aromatic heterocycles. The van der Waals surface area contributed by atoms with Crippen LogP contribution in [0.5, 0.6) is 0 Å². The van der Waals surface area contributed by atoms with Crippen LogP contribution in [0.4, 0.5) is 0 Å². The SMILES string of the molecule is Cn1c(=S)n(C[NH+]2CCN(C(=O)c3cccs3)CC2)c2ccccc21. The summed E-state index contributed by atoms with van der Waals surface area (Å²) in [6.45, 7) is 4.33. The van der Waals surface area contributed by atoms with Gasteiger partial charge in [-0.3, -0.25) is 9.36 Å². The van der Waals surface area contributed by atoms with Crippen LogP contribution in [-0.2, 0) is 13.7 Å². The van der Waals surface area contributed by atoms with Crippen LogP contribution in [0.15, 0.2) is 41.8 Å². The summed E-state index contributed by atoms with van der Waals surface area (Å²) in [7, 11) is 2.02. The molecule has 7 heteroatoms. The molecule has 0 radical (unpaired) electrons. The number of rotatable bonds is 3. The predicted molar refractivity (Wildman–Crippen MR) is 103 cm³/mol. The number of amides is 1. The van der Waals surface area contributed by atoms with E-state index in [9.17, 15) is 4.79 Å². The minimum absolute atomic E-state index is 0.163. The molecular weight excluding hydrogens is 352 g/mol. The molecular formula is C18H21N4OS2+. The summed E-state index contributed by atoms with van der Waals surface area (Å²) in [5, 5.41) is 1.96. The third-order valence-corrected chi connectivity index (χ3v) is 6.28. The van der Waals surface area contributed by atoms with E-state index in [0.29, 0.717) is 0 Å². The maximum Gasteiger partial charge on any atom is 0.264 e. The Bertz CT molecular complexity index is 949. The molecule has 0 unspecified atom stereocenters. The van der Waals surface area contributed by atoms with Gasteiger partial charge in [0.05, 0.1) is 42.1 Å². The molecule has 3 heterocycles. The molecule has 1 aromatic carbocycles. The molecule has 0 bridgehead atoms. The molecule has 0 spiro atoms. The van der Waals surface area contributed by atoms with Gasteiger partial charge in [0.25, 0.3) is 5.91 Å². The first-order valence-corrected chi connectivity index (χ1v) is 9.74. The third-order valence-electron chi connectivity index (χ3n) is 4.92. The number of nitrogens with zero attached hydrogens (tertiary/aromatic N) is 3. The van der Waals surface area contributed by atoms with Crippen LogP contribution in [-0.4, -0.2) is 46.1 Å². The zero-order valence-corrected chi connectivity index (χ0v) is 15.8. The van der Waals surface area contributed by atoms with Gasteiger partial charge < -0.3 is 14.4 Å². The highest BCUT2D eigenvalue weighted by atomic mass is 32.1. The Labute approximate surface area is 155 Å². The first-order valence-electron chi connectivity index (χ1n) is 8.46. The van der Waals surface area contributed by atoms with Crippen molar-refractivity contribution in [3.05, 3.63) is 51.4 Å². The maximum atomic E-state index is 12.5. The molecule has 0 aliphatic carbocycles. The van der Waals surface area contributed by atoms with Crippen molar-refractivity contribution in [3.8, 4) is 0 Å². The van der Waals surface area contributed by atoms with Crippen LogP contribution in [0, 0.1) is 4.77 Å². The van der Waals surface area contributed by atoms with Crippen LogP contribution < -0.4 is 4.90 Å². The number of para-hydroxylation sites is 2. The van der Waals surface area contributed by atoms with Crippen LogP contribution >= 0.6 is 23.6 Å². The van der Waals surface area contributed by atoms with Gasteiger partial charge in [0.15, 0.2) is 11.4 Å². The van der Waals surface area contributed by atoms with Gasteiger partial charge in [-0.15, -0.1) is 11.3 Å². The molecule has 1 saturated heterocycles. The van der Waals surface area contributed by atoms with Gasteiger partial charge in [0.2, 0.25) is 0 Å². The Morgan fingerprint density at radius 1 is 1.16 bits per heavy atom. The first kappa shape index (κ1) is 16.5. The molecule has 1 aliphatic rings. The van der Waals surface area contributed by atoms with Crippen molar-refractivity contribution >= 4 is 40.5 Å². The fourth-order valence-corrected chi connectivity index (χ4v) is 4.43. The number of imidazole rings is 1. The van der Waals surface area contributed by atoms with Crippen molar-refractivity contribution in [2.45, 2.75) is 6.67 Å². The first-order chi connectivity index (χ1) is 12.1. The van der Waals surface area contributed by atoms with Gasteiger partial charge in [-0.05, 0) is 35.8 Å². The van der Waals surface area contributed by atoms with E-state index in [2.05, 4.69) is 27.3 Å². The lowest BCUT2D eigenvalue weighted by Gasteiger charge is -2.32. The van der Waals surface area contributed by atoms with Crippen molar-refractivity contribution in [1.29, 1.82) is 0 Å². The van der Waals surface area contributed by atoms with Crippen molar-refractivity contribution in [2.75, 3.05) is 26.2 Å².